The molecule has 2 unspecified atom stereocenters. The molecule has 0 aliphatic carbocycles. The van der Waals surface area contributed by atoms with Crippen LogP contribution in [-0.4, -0.2) is 49.8 Å². The summed E-state index contributed by atoms with van der Waals surface area (Å²) in [5, 5.41) is 3.67. The average Bonchev–Trinajstić information content (AvgIpc) is 2.39. The maximum atomic E-state index is 5.81. The fourth-order valence-electron chi connectivity index (χ4n) is 2.39. The molecule has 1 rings (SSSR count). The van der Waals surface area contributed by atoms with Gasteiger partial charge in [0, 0.05) is 25.7 Å². The molecule has 3 nitrogen and oxygen atoms in total. The maximum Gasteiger partial charge on any atom is 0.0826 e. The van der Waals surface area contributed by atoms with E-state index in [-0.39, 0.29) is 0 Å². The minimum atomic E-state index is 0.388. The number of nitrogens with zero attached hydrogens (tertiary/aromatic N) is 1. The zero-order chi connectivity index (χ0) is 12.5. The Morgan fingerprint density at radius 1 is 1.35 bits per heavy atom. The minimum Gasteiger partial charge on any atom is -0.374 e. The van der Waals surface area contributed by atoms with Gasteiger partial charge in [-0.3, -0.25) is 4.90 Å². The maximum absolute atomic E-state index is 5.81. The van der Waals surface area contributed by atoms with Gasteiger partial charge in [0.15, 0.2) is 0 Å². The molecule has 1 N–H and O–H groups in total. The zero-order valence-corrected chi connectivity index (χ0v) is 11.9. The topological polar surface area (TPSA) is 24.5 Å². The molecule has 0 aromatic carbocycles. The number of morpholine rings is 1. The van der Waals surface area contributed by atoms with E-state index in [1.807, 2.05) is 0 Å². The number of hydrogen-bond donors (Lipinski definition) is 1. The highest BCUT2D eigenvalue weighted by Gasteiger charge is 2.19. The van der Waals surface area contributed by atoms with E-state index in [0.717, 1.165) is 32.8 Å². The summed E-state index contributed by atoms with van der Waals surface area (Å²) >= 11 is 0. The quantitative estimate of drug-likeness (QED) is 0.706. The lowest BCUT2D eigenvalue weighted by Crippen LogP contribution is -2.48. The van der Waals surface area contributed by atoms with Crippen LogP contribution in [0.15, 0.2) is 0 Å². The number of likely N-dealkylation sites (N-methyl/N-ethyl adjacent to an activating group) is 1. The smallest absolute Gasteiger partial charge is 0.0826 e. The van der Waals surface area contributed by atoms with Gasteiger partial charge in [0.05, 0.1) is 12.7 Å². The van der Waals surface area contributed by atoms with Gasteiger partial charge >= 0.3 is 0 Å². The Labute approximate surface area is 107 Å². The summed E-state index contributed by atoms with van der Waals surface area (Å²) in [6.45, 7) is 12.0. The lowest BCUT2D eigenvalue weighted by molar-refractivity contribution is -0.0265. The van der Waals surface area contributed by atoms with Gasteiger partial charge in [0.1, 0.15) is 0 Å². The molecule has 0 saturated carbocycles. The number of nitrogens with one attached hydrogen (secondary N) is 1. The van der Waals surface area contributed by atoms with Gasteiger partial charge in [-0.25, -0.2) is 0 Å². The predicted octanol–water partition coefficient (Wildman–Crippen LogP) is 2.27. The fraction of sp³-hybridized carbons (Fsp3) is 1.00. The van der Waals surface area contributed by atoms with Crippen LogP contribution in [-0.2, 0) is 4.74 Å². The molecule has 17 heavy (non-hydrogen) atoms. The highest BCUT2D eigenvalue weighted by Crippen LogP contribution is 2.07. The van der Waals surface area contributed by atoms with E-state index < -0.39 is 0 Å². The lowest BCUT2D eigenvalue weighted by atomic mass is 10.1. The molecular weight excluding hydrogens is 212 g/mol. The molecule has 0 spiro atoms. The number of hydrogen-bond acceptors (Lipinski definition) is 3. The SMILES string of the molecule is CCCCC(CC)NCC1CN(CC)CCO1. The first kappa shape index (κ1) is 14.9. The summed E-state index contributed by atoms with van der Waals surface area (Å²) < 4.78 is 5.81. The van der Waals surface area contributed by atoms with Crippen LogP contribution in [0.2, 0.25) is 0 Å². The third-order valence-electron chi connectivity index (χ3n) is 3.70. The lowest BCUT2D eigenvalue weighted by Gasteiger charge is -2.33. The van der Waals surface area contributed by atoms with Crippen molar-refractivity contribution in [3.63, 3.8) is 0 Å². The summed E-state index contributed by atoms with van der Waals surface area (Å²) in [5.41, 5.74) is 0. The second kappa shape index (κ2) is 8.90. The first-order valence-electron chi connectivity index (χ1n) is 7.37. The van der Waals surface area contributed by atoms with Crippen LogP contribution in [0.1, 0.15) is 46.5 Å². The van der Waals surface area contributed by atoms with Crippen LogP contribution >= 0.6 is 0 Å². The monoisotopic (exact) mass is 242 g/mol. The molecule has 1 heterocycles. The van der Waals surface area contributed by atoms with Gasteiger partial charge < -0.3 is 10.1 Å². The molecule has 0 aromatic heterocycles. The van der Waals surface area contributed by atoms with Crippen molar-refractivity contribution in [2.75, 3.05) is 32.8 Å². The Morgan fingerprint density at radius 2 is 2.18 bits per heavy atom. The first-order chi connectivity index (χ1) is 8.30. The Balaban J connectivity index is 2.18. The van der Waals surface area contributed by atoms with E-state index in [2.05, 4.69) is 31.0 Å². The average molecular weight is 242 g/mol. The van der Waals surface area contributed by atoms with Crippen LogP contribution in [0.25, 0.3) is 0 Å². The standard InChI is InChI=1S/C14H30N2O/c1-4-7-8-13(5-2)15-11-14-12-16(6-3)9-10-17-14/h13-15H,4-12H2,1-3H3. The summed E-state index contributed by atoms with van der Waals surface area (Å²) in [7, 11) is 0. The second-order valence-corrected chi connectivity index (χ2v) is 5.04. The van der Waals surface area contributed by atoms with Crippen LogP contribution < -0.4 is 5.32 Å². The molecule has 0 radical (unpaired) electrons. The van der Waals surface area contributed by atoms with Crippen molar-refractivity contribution >= 4 is 0 Å². The number of ether oxygens (including phenoxy) is 1. The van der Waals surface area contributed by atoms with Crippen LogP contribution in [0, 0.1) is 0 Å². The van der Waals surface area contributed by atoms with E-state index in [4.69, 9.17) is 4.74 Å². The highest BCUT2D eigenvalue weighted by atomic mass is 16.5. The van der Waals surface area contributed by atoms with Gasteiger partial charge in [-0.1, -0.05) is 33.6 Å². The van der Waals surface area contributed by atoms with Crippen molar-refractivity contribution < 1.29 is 4.74 Å². The predicted molar refractivity (Wildman–Crippen MR) is 73.5 cm³/mol. The highest BCUT2D eigenvalue weighted by molar-refractivity contribution is 4.75. The van der Waals surface area contributed by atoms with Crippen molar-refractivity contribution in [2.24, 2.45) is 0 Å². The molecular formula is C14H30N2O. The third kappa shape index (κ3) is 5.84. The summed E-state index contributed by atoms with van der Waals surface area (Å²) in [6.07, 6.45) is 5.54. The van der Waals surface area contributed by atoms with E-state index in [0.29, 0.717) is 12.1 Å². The Bertz CT molecular complexity index is 187. The zero-order valence-electron chi connectivity index (χ0n) is 11.9. The van der Waals surface area contributed by atoms with Crippen molar-refractivity contribution in [3.05, 3.63) is 0 Å². The summed E-state index contributed by atoms with van der Waals surface area (Å²) in [6, 6.07) is 0.676. The van der Waals surface area contributed by atoms with E-state index in [9.17, 15) is 0 Å². The van der Waals surface area contributed by atoms with E-state index in [1.165, 1.54) is 25.7 Å². The van der Waals surface area contributed by atoms with Gasteiger partial charge in [-0.15, -0.1) is 0 Å². The van der Waals surface area contributed by atoms with Gasteiger partial charge in [0.2, 0.25) is 0 Å². The van der Waals surface area contributed by atoms with Crippen molar-refractivity contribution in [1.29, 1.82) is 0 Å². The first-order valence-corrected chi connectivity index (χ1v) is 7.37. The molecule has 102 valence electrons. The largest absolute Gasteiger partial charge is 0.374 e. The van der Waals surface area contributed by atoms with Crippen molar-refractivity contribution in [2.45, 2.75) is 58.6 Å². The molecule has 1 saturated heterocycles. The minimum absolute atomic E-state index is 0.388. The fourth-order valence-corrected chi connectivity index (χ4v) is 2.39. The molecule has 0 bridgehead atoms. The van der Waals surface area contributed by atoms with Gasteiger partial charge in [0.25, 0.3) is 0 Å². The Kier molecular flexibility index (Phi) is 7.82. The summed E-state index contributed by atoms with van der Waals surface area (Å²) in [5.74, 6) is 0. The number of unbranched alkanes of at least 4 members (excludes halogenated alkanes) is 1. The molecule has 0 amide bonds. The molecule has 1 fully saturated rings. The van der Waals surface area contributed by atoms with Crippen molar-refractivity contribution in [3.8, 4) is 0 Å². The summed E-state index contributed by atoms with van der Waals surface area (Å²) in [4.78, 5) is 2.48. The Morgan fingerprint density at radius 3 is 2.82 bits per heavy atom. The van der Waals surface area contributed by atoms with Crippen LogP contribution in [0.5, 0.6) is 0 Å². The normalized spacial score (nSPS) is 23.8. The van der Waals surface area contributed by atoms with Crippen molar-refractivity contribution in [1.82, 2.24) is 10.2 Å². The molecule has 2 atom stereocenters. The van der Waals surface area contributed by atoms with Crippen LogP contribution in [0.4, 0.5) is 0 Å². The van der Waals surface area contributed by atoms with Gasteiger partial charge in [-0.2, -0.15) is 0 Å². The molecule has 0 aromatic rings. The molecule has 3 heteroatoms. The molecule has 1 aliphatic heterocycles. The van der Waals surface area contributed by atoms with E-state index in [1.54, 1.807) is 0 Å². The third-order valence-corrected chi connectivity index (χ3v) is 3.70. The molecule has 1 aliphatic rings. The second-order valence-electron chi connectivity index (χ2n) is 5.04. The van der Waals surface area contributed by atoms with Gasteiger partial charge in [-0.05, 0) is 19.4 Å². The number of rotatable bonds is 8. The van der Waals surface area contributed by atoms with E-state index >= 15 is 0 Å². The van der Waals surface area contributed by atoms with Crippen LogP contribution in [0.3, 0.4) is 0 Å². The Hall–Kier alpha value is -0.120.